The molecule has 0 spiro atoms. The minimum Gasteiger partial charge on any atom is -0.325 e. The second-order valence-corrected chi connectivity index (χ2v) is 4.44. The smallest absolute Gasteiger partial charge is 0.256 e. The molecule has 0 saturated carbocycles. The van der Waals surface area contributed by atoms with Gasteiger partial charge >= 0.3 is 0 Å². The lowest BCUT2D eigenvalue weighted by Gasteiger charge is -2.32. The Balaban J connectivity index is 1.78. The predicted octanol–water partition coefficient (Wildman–Crippen LogP) is -1.98. The van der Waals surface area contributed by atoms with Crippen LogP contribution in [-0.4, -0.2) is 64.0 Å². The van der Waals surface area contributed by atoms with Crippen LogP contribution < -0.4 is 11.2 Å². The highest BCUT2D eigenvalue weighted by molar-refractivity contribution is 5.75. The van der Waals surface area contributed by atoms with Gasteiger partial charge in [-0.15, -0.1) is 5.10 Å². The number of rotatable bonds is 4. The van der Waals surface area contributed by atoms with Gasteiger partial charge in [0.15, 0.2) is 0 Å². The zero-order valence-electron chi connectivity index (χ0n) is 10.5. The Morgan fingerprint density at radius 1 is 1.44 bits per heavy atom. The van der Waals surface area contributed by atoms with Crippen LogP contribution in [0.1, 0.15) is 5.69 Å². The summed E-state index contributed by atoms with van der Waals surface area (Å²) in [6, 6.07) is 0. The third kappa shape index (κ3) is 3.49. The minimum atomic E-state index is -0.0898. The highest BCUT2D eigenvalue weighted by atomic mass is 16.2. The van der Waals surface area contributed by atoms with Crippen molar-refractivity contribution in [2.45, 2.75) is 13.1 Å². The summed E-state index contributed by atoms with van der Waals surface area (Å²) < 4.78 is 1.49. The Morgan fingerprint density at radius 3 is 2.78 bits per heavy atom. The second-order valence-electron chi connectivity index (χ2n) is 4.44. The van der Waals surface area contributed by atoms with Crippen molar-refractivity contribution in [2.75, 3.05) is 33.2 Å². The standard InChI is InChI=1S/C10H19N7O/c1-15-2-4-16(5-3-15)13-10(18)8-17-7-9(6-11)12-14-17/h7H,2-6,8,11H2,1H3,(H,13,18). The largest absolute Gasteiger partial charge is 0.325 e. The van der Waals surface area contributed by atoms with Crippen molar-refractivity contribution in [3.05, 3.63) is 11.9 Å². The number of amides is 1. The number of hydrogen-bond acceptors (Lipinski definition) is 6. The van der Waals surface area contributed by atoms with Crippen LogP contribution in [0, 0.1) is 0 Å². The molecular weight excluding hydrogens is 234 g/mol. The Hall–Kier alpha value is -1.51. The third-order valence-corrected chi connectivity index (χ3v) is 2.89. The lowest BCUT2D eigenvalue weighted by Crippen LogP contribution is -2.53. The molecule has 0 atom stereocenters. The van der Waals surface area contributed by atoms with Crippen LogP contribution in [0.3, 0.4) is 0 Å². The number of piperazine rings is 1. The highest BCUT2D eigenvalue weighted by Gasteiger charge is 2.16. The Labute approximate surface area is 106 Å². The first kappa shape index (κ1) is 12.9. The van der Waals surface area contributed by atoms with Crippen LogP contribution in [0.5, 0.6) is 0 Å². The monoisotopic (exact) mass is 253 g/mol. The third-order valence-electron chi connectivity index (χ3n) is 2.89. The summed E-state index contributed by atoms with van der Waals surface area (Å²) in [5.74, 6) is -0.0898. The minimum absolute atomic E-state index is 0.0898. The molecule has 1 amide bonds. The van der Waals surface area contributed by atoms with Gasteiger partial charge in [0.1, 0.15) is 6.54 Å². The topological polar surface area (TPSA) is 92.3 Å². The zero-order chi connectivity index (χ0) is 13.0. The van der Waals surface area contributed by atoms with E-state index in [1.165, 1.54) is 4.68 Å². The van der Waals surface area contributed by atoms with E-state index >= 15 is 0 Å². The van der Waals surface area contributed by atoms with Gasteiger partial charge in [0.25, 0.3) is 5.91 Å². The molecule has 1 aliphatic rings. The van der Waals surface area contributed by atoms with Crippen molar-refractivity contribution in [2.24, 2.45) is 5.73 Å². The maximum absolute atomic E-state index is 11.8. The van der Waals surface area contributed by atoms with Crippen molar-refractivity contribution in [1.82, 2.24) is 30.3 Å². The summed E-state index contributed by atoms with van der Waals surface area (Å²) in [5, 5.41) is 9.60. The van der Waals surface area contributed by atoms with Crippen LogP contribution >= 0.6 is 0 Å². The van der Waals surface area contributed by atoms with E-state index in [9.17, 15) is 4.79 Å². The summed E-state index contributed by atoms with van der Waals surface area (Å²) in [7, 11) is 2.07. The molecule has 2 heterocycles. The second kappa shape index (κ2) is 5.89. The molecule has 1 aromatic heterocycles. The van der Waals surface area contributed by atoms with Crippen molar-refractivity contribution in [1.29, 1.82) is 0 Å². The number of aromatic nitrogens is 3. The van der Waals surface area contributed by atoms with Crippen LogP contribution in [-0.2, 0) is 17.9 Å². The number of carbonyl (C=O) groups is 1. The highest BCUT2D eigenvalue weighted by Crippen LogP contribution is 1.96. The fourth-order valence-corrected chi connectivity index (χ4v) is 1.79. The van der Waals surface area contributed by atoms with Crippen molar-refractivity contribution in [3.63, 3.8) is 0 Å². The fourth-order valence-electron chi connectivity index (χ4n) is 1.79. The quantitative estimate of drug-likeness (QED) is 0.646. The van der Waals surface area contributed by atoms with E-state index < -0.39 is 0 Å². The molecule has 0 unspecified atom stereocenters. The van der Waals surface area contributed by atoms with Gasteiger partial charge in [-0.2, -0.15) is 0 Å². The summed E-state index contributed by atoms with van der Waals surface area (Å²) in [6.45, 7) is 4.10. The molecule has 1 aromatic rings. The maximum atomic E-state index is 11.8. The number of nitrogens with zero attached hydrogens (tertiary/aromatic N) is 5. The predicted molar refractivity (Wildman–Crippen MR) is 65.1 cm³/mol. The summed E-state index contributed by atoms with van der Waals surface area (Å²) in [4.78, 5) is 14.0. The molecule has 0 aromatic carbocycles. The van der Waals surface area contributed by atoms with Gasteiger partial charge in [0.2, 0.25) is 0 Å². The van der Waals surface area contributed by atoms with Crippen LogP contribution in [0.25, 0.3) is 0 Å². The number of nitrogens with two attached hydrogens (primary N) is 1. The Kier molecular flexibility index (Phi) is 4.24. The summed E-state index contributed by atoms with van der Waals surface area (Å²) in [5.41, 5.74) is 8.97. The van der Waals surface area contributed by atoms with E-state index in [4.69, 9.17) is 5.73 Å². The molecule has 2 rings (SSSR count). The molecular formula is C10H19N7O. The van der Waals surface area contributed by atoms with Crippen molar-refractivity contribution in [3.8, 4) is 0 Å². The lowest BCUT2D eigenvalue weighted by atomic mass is 10.4. The molecule has 8 nitrogen and oxygen atoms in total. The van der Waals surface area contributed by atoms with Gasteiger partial charge < -0.3 is 10.6 Å². The first-order chi connectivity index (χ1) is 8.67. The van der Waals surface area contributed by atoms with Crippen LogP contribution in [0.4, 0.5) is 0 Å². The molecule has 3 N–H and O–H groups in total. The molecule has 0 radical (unpaired) electrons. The van der Waals surface area contributed by atoms with E-state index in [1.807, 2.05) is 5.01 Å². The molecule has 1 aliphatic heterocycles. The zero-order valence-corrected chi connectivity index (χ0v) is 10.5. The van der Waals surface area contributed by atoms with Gasteiger partial charge in [-0.1, -0.05) is 5.21 Å². The molecule has 8 heteroatoms. The van der Waals surface area contributed by atoms with E-state index in [0.717, 1.165) is 26.2 Å². The summed E-state index contributed by atoms with van der Waals surface area (Å²) in [6.07, 6.45) is 1.68. The van der Waals surface area contributed by atoms with Gasteiger partial charge in [-0.25, -0.2) is 9.69 Å². The lowest BCUT2D eigenvalue weighted by molar-refractivity contribution is -0.127. The number of hydrogen-bond donors (Lipinski definition) is 2. The van der Waals surface area contributed by atoms with E-state index in [2.05, 4.69) is 27.7 Å². The van der Waals surface area contributed by atoms with Crippen LogP contribution in [0.2, 0.25) is 0 Å². The average molecular weight is 253 g/mol. The van der Waals surface area contributed by atoms with Gasteiger partial charge in [0, 0.05) is 32.7 Å². The van der Waals surface area contributed by atoms with E-state index in [0.29, 0.717) is 12.2 Å². The maximum Gasteiger partial charge on any atom is 0.256 e. The average Bonchev–Trinajstić information content (AvgIpc) is 2.79. The number of nitrogens with one attached hydrogen (secondary N) is 1. The Morgan fingerprint density at radius 2 is 2.17 bits per heavy atom. The molecule has 100 valence electrons. The summed E-state index contributed by atoms with van der Waals surface area (Å²) >= 11 is 0. The molecule has 18 heavy (non-hydrogen) atoms. The molecule has 0 aliphatic carbocycles. The van der Waals surface area contributed by atoms with Gasteiger partial charge in [0.05, 0.1) is 11.9 Å². The molecule has 1 fully saturated rings. The Bertz CT molecular complexity index is 397. The van der Waals surface area contributed by atoms with E-state index in [1.54, 1.807) is 6.20 Å². The number of hydrazine groups is 1. The number of likely N-dealkylation sites (N-methyl/N-ethyl adjacent to an activating group) is 1. The van der Waals surface area contributed by atoms with Gasteiger partial charge in [-0.05, 0) is 7.05 Å². The van der Waals surface area contributed by atoms with Crippen molar-refractivity contribution < 1.29 is 4.79 Å². The fraction of sp³-hybridized carbons (Fsp3) is 0.700. The van der Waals surface area contributed by atoms with E-state index in [-0.39, 0.29) is 12.5 Å². The molecule has 0 bridgehead atoms. The number of carbonyl (C=O) groups excluding carboxylic acids is 1. The van der Waals surface area contributed by atoms with Crippen LogP contribution in [0.15, 0.2) is 6.20 Å². The normalized spacial score (nSPS) is 17.9. The molecule has 1 saturated heterocycles. The van der Waals surface area contributed by atoms with Crippen molar-refractivity contribution >= 4 is 5.91 Å². The van der Waals surface area contributed by atoms with Gasteiger partial charge in [-0.3, -0.25) is 10.2 Å². The first-order valence-electron chi connectivity index (χ1n) is 5.99. The SMILES string of the molecule is CN1CCN(NC(=O)Cn2cc(CN)nn2)CC1. The first-order valence-corrected chi connectivity index (χ1v) is 5.99.